The molecule has 1 aromatic heterocycles. The zero-order valence-electron chi connectivity index (χ0n) is 18.3. The van der Waals surface area contributed by atoms with Crippen molar-refractivity contribution in [3.63, 3.8) is 0 Å². The van der Waals surface area contributed by atoms with E-state index in [2.05, 4.69) is 10.3 Å². The van der Waals surface area contributed by atoms with Crippen molar-refractivity contribution in [3.05, 3.63) is 101 Å². The molecule has 0 spiro atoms. The minimum atomic E-state index is -0.425. The quantitative estimate of drug-likeness (QED) is 0.617. The number of nitrogens with one attached hydrogen (secondary N) is 1. The Labute approximate surface area is 192 Å². The molecule has 1 amide bonds. The fraction of sp³-hybridized carbons (Fsp3) is 0.222. The summed E-state index contributed by atoms with van der Waals surface area (Å²) in [7, 11) is 0. The molecule has 33 heavy (non-hydrogen) atoms. The number of hydrogen-bond acceptors (Lipinski definition) is 4. The van der Waals surface area contributed by atoms with Gasteiger partial charge in [-0.2, -0.15) is 0 Å². The first-order valence-electron chi connectivity index (χ1n) is 11.1. The van der Waals surface area contributed by atoms with Gasteiger partial charge >= 0.3 is 0 Å². The SMILES string of the molecule is CC1=C(C(=O)N[C@H](c2ccccc2)C2CCC2=O)c2cccc(F)c2CN1c1cccnc1. The van der Waals surface area contributed by atoms with Crippen LogP contribution in [-0.2, 0) is 16.1 Å². The van der Waals surface area contributed by atoms with Crippen LogP contribution in [0.3, 0.4) is 0 Å². The van der Waals surface area contributed by atoms with Gasteiger partial charge in [-0.15, -0.1) is 0 Å². The molecule has 5 nitrogen and oxygen atoms in total. The number of ketones is 1. The molecule has 1 fully saturated rings. The molecule has 2 heterocycles. The van der Waals surface area contributed by atoms with E-state index < -0.39 is 6.04 Å². The van der Waals surface area contributed by atoms with Crippen LogP contribution in [0, 0.1) is 11.7 Å². The highest BCUT2D eigenvalue weighted by atomic mass is 19.1. The average molecular weight is 442 g/mol. The van der Waals surface area contributed by atoms with Crippen LogP contribution in [0.5, 0.6) is 0 Å². The molecule has 1 aliphatic carbocycles. The number of allylic oxidation sites excluding steroid dienone is 1. The number of fused-ring (bicyclic) bond motifs is 1. The van der Waals surface area contributed by atoms with Crippen LogP contribution in [0.15, 0.2) is 78.8 Å². The Morgan fingerprint density at radius 1 is 1.12 bits per heavy atom. The third-order valence-corrected chi connectivity index (χ3v) is 6.62. The Morgan fingerprint density at radius 3 is 2.61 bits per heavy atom. The zero-order chi connectivity index (χ0) is 22.9. The summed E-state index contributed by atoms with van der Waals surface area (Å²) in [6, 6.07) is 17.6. The summed E-state index contributed by atoms with van der Waals surface area (Å²) in [5.74, 6) is -0.765. The van der Waals surface area contributed by atoms with Gasteiger partial charge in [-0.05, 0) is 42.7 Å². The summed E-state index contributed by atoms with van der Waals surface area (Å²) in [4.78, 5) is 32.2. The van der Waals surface area contributed by atoms with Crippen molar-refractivity contribution in [1.82, 2.24) is 10.3 Å². The van der Waals surface area contributed by atoms with Gasteiger partial charge in [0.15, 0.2) is 0 Å². The minimum Gasteiger partial charge on any atom is -0.344 e. The van der Waals surface area contributed by atoms with Gasteiger partial charge < -0.3 is 10.2 Å². The minimum absolute atomic E-state index is 0.155. The normalized spacial score (nSPS) is 18.4. The Kier molecular flexibility index (Phi) is 5.50. The van der Waals surface area contributed by atoms with Crippen molar-refractivity contribution >= 4 is 23.0 Å². The zero-order valence-corrected chi connectivity index (χ0v) is 18.3. The van der Waals surface area contributed by atoms with E-state index in [4.69, 9.17) is 0 Å². The molecule has 2 aromatic carbocycles. The van der Waals surface area contributed by atoms with E-state index in [1.165, 1.54) is 6.07 Å². The number of Topliss-reactive ketones (excluding diaryl/α,β-unsaturated/α-hetero) is 1. The van der Waals surface area contributed by atoms with Gasteiger partial charge in [0.05, 0.1) is 30.0 Å². The molecule has 1 aliphatic heterocycles. The number of amides is 1. The number of pyridine rings is 1. The van der Waals surface area contributed by atoms with Crippen molar-refractivity contribution in [2.75, 3.05) is 4.90 Å². The Balaban J connectivity index is 1.57. The van der Waals surface area contributed by atoms with Crippen LogP contribution < -0.4 is 10.2 Å². The number of nitrogens with zero attached hydrogens (tertiary/aromatic N) is 2. The van der Waals surface area contributed by atoms with Gasteiger partial charge in [-0.25, -0.2) is 4.39 Å². The monoisotopic (exact) mass is 441 g/mol. The number of anilines is 1. The van der Waals surface area contributed by atoms with Crippen molar-refractivity contribution in [3.8, 4) is 0 Å². The number of hydrogen-bond donors (Lipinski definition) is 1. The molecule has 1 unspecified atom stereocenters. The third kappa shape index (κ3) is 3.82. The second-order valence-corrected chi connectivity index (χ2v) is 8.50. The number of halogens is 1. The largest absolute Gasteiger partial charge is 0.344 e. The molecule has 6 heteroatoms. The lowest BCUT2D eigenvalue weighted by atomic mass is 9.75. The Hall–Kier alpha value is -3.80. The second-order valence-electron chi connectivity index (χ2n) is 8.50. The van der Waals surface area contributed by atoms with Crippen LogP contribution in [0.25, 0.3) is 5.57 Å². The Morgan fingerprint density at radius 2 is 1.94 bits per heavy atom. The predicted molar refractivity (Wildman–Crippen MR) is 124 cm³/mol. The number of rotatable bonds is 5. The van der Waals surface area contributed by atoms with E-state index in [0.717, 1.165) is 17.7 Å². The average Bonchev–Trinajstić information content (AvgIpc) is 2.83. The van der Waals surface area contributed by atoms with Gasteiger partial charge in [-0.3, -0.25) is 14.6 Å². The highest BCUT2D eigenvalue weighted by Gasteiger charge is 2.38. The van der Waals surface area contributed by atoms with E-state index in [0.29, 0.717) is 35.4 Å². The number of benzene rings is 2. The molecule has 1 N–H and O–H groups in total. The van der Waals surface area contributed by atoms with Gasteiger partial charge in [0.2, 0.25) is 0 Å². The van der Waals surface area contributed by atoms with Gasteiger partial charge in [0.1, 0.15) is 11.6 Å². The Bertz CT molecular complexity index is 1240. The van der Waals surface area contributed by atoms with Gasteiger partial charge in [0.25, 0.3) is 5.91 Å². The van der Waals surface area contributed by atoms with Crippen LogP contribution in [0.4, 0.5) is 10.1 Å². The topological polar surface area (TPSA) is 62.3 Å². The van der Waals surface area contributed by atoms with E-state index in [1.807, 2.05) is 54.3 Å². The molecular weight excluding hydrogens is 417 g/mol. The molecule has 0 saturated heterocycles. The lowest BCUT2D eigenvalue weighted by Gasteiger charge is -2.36. The first kappa shape index (κ1) is 21.1. The third-order valence-electron chi connectivity index (χ3n) is 6.62. The summed E-state index contributed by atoms with van der Waals surface area (Å²) in [6.07, 6.45) is 4.65. The maximum atomic E-state index is 14.9. The van der Waals surface area contributed by atoms with Crippen molar-refractivity contribution in [2.24, 2.45) is 5.92 Å². The lowest BCUT2D eigenvalue weighted by Crippen LogP contribution is -2.42. The summed E-state index contributed by atoms with van der Waals surface area (Å²) in [5.41, 5.74) is 3.84. The van der Waals surface area contributed by atoms with Crippen LogP contribution >= 0.6 is 0 Å². The van der Waals surface area contributed by atoms with Crippen molar-refractivity contribution in [1.29, 1.82) is 0 Å². The second kappa shape index (κ2) is 8.62. The van der Waals surface area contributed by atoms with Crippen LogP contribution in [-0.4, -0.2) is 16.7 Å². The van der Waals surface area contributed by atoms with Crippen LogP contribution in [0.2, 0.25) is 0 Å². The summed E-state index contributed by atoms with van der Waals surface area (Å²) < 4.78 is 14.9. The van der Waals surface area contributed by atoms with Gasteiger partial charge in [-0.1, -0.05) is 42.5 Å². The summed E-state index contributed by atoms with van der Waals surface area (Å²) >= 11 is 0. The summed E-state index contributed by atoms with van der Waals surface area (Å²) in [5, 5.41) is 3.12. The smallest absolute Gasteiger partial charge is 0.254 e. The summed E-state index contributed by atoms with van der Waals surface area (Å²) in [6.45, 7) is 2.17. The maximum absolute atomic E-state index is 14.9. The standard InChI is InChI=1S/C27H24FN3O2/c1-17-25(27(33)30-26(21-12-13-24(21)32)18-7-3-2-4-8-18)20-10-5-11-23(28)22(20)16-31(17)19-9-6-14-29-15-19/h2-11,14-15,21,26H,12-13,16H2,1H3,(H,30,33)/t21?,26-/m1/s1. The molecule has 0 radical (unpaired) electrons. The fourth-order valence-electron chi connectivity index (χ4n) is 4.72. The predicted octanol–water partition coefficient (Wildman–Crippen LogP) is 4.81. The maximum Gasteiger partial charge on any atom is 0.254 e. The first-order chi connectivity index (χ1) is 16.0. The highest BCUT2D eigenvalue weighted by Crippen LogP contribution is 2.38. The van der Waals surface area contributed by atoms with E-state index in [9.17, 15) is 14.0 Å². The molecular formula is C27H24FN3O2. The first-order valence-corrected chi connectivity index (χ1v) is 11.1. The molecule has 1 saturated carbocycles. The highest BCUT2D eigenvalue weighted by molar-refractivity contribution is 6.22. The molecule has 166 valence electrons. The van der Waals surface area contributed by atoms with E-state index in [1.54, 1.807) is 24.5 Å². The molecule has 2 atom stereocenters. The molecule has 0 bridgehead atoms. The van der Waals surface area contributed by atoms with E-state index in [-0.39, 0.29) is 23.4 Å². The molecule has 5 rings (SSSR count). The number of carbonyl (C=O) groups is 2. The van der Waals surface area contributed by atoms with Crippen LogP contribution in [0.1, 0.15) is 42.5 Å². The molecule has 3 aromatic rings. The van der Waals surface area contributed by atoms with Crippen molar-refractivity contribution in [2.45, 2.75) is 32.4 Å². The van der Waals surface area contributed by atoms with Gasteiger partial charge in [0, 0.05) is 29.8 Å². The lowest BCUT2D eigenvalue weighted by molar-refractivity contribution is -0.131. The number of aromatic nitrogens is 1. The fourth-order valence-corrected chi connectivity index (χ4v) is 4.72. The van der Waals surface area contributed by atoms with Crippen molar-refractivity contribution < 1.29 is 14.0 Å². The molecule has 2 aliphatic rings. The number of carbonyl (C=O) groups excluding carboxylic acids is 2. The van der Waals surface area contributed by atoms with E-state index >= 15 is 0 Å².